The highest BCUT2D eigenvalue weighted by molar-refractivity contribution is 7.89. The monoisotopic (exact) mass is 491 g/mol. The molecule has 1 heterocycles. The van der Waals surface area contributed by atoms with Gasteiger partial charge in [-0.15, -0.1) is 0 Å². The van der Waals surface area contributed by atoms with Crippen molar-refractivity contribution >= 4 is 28.1 Å². The molecule has 0 atom stereocenters. The summed E-state index contributed by atoms with van der Waals surface area (Å²) in [5, 5.41) is 0. The van der Waals surface area contributed by atoms with Crippen molar-refractivity contribution < 1.29 is 32.2 Å². The van der Waals surface area contributed by atoms with Gasteiger partial charge < -0.3 is 24.8 Å². The molecular weight excluding hydrogens is 462 g/mol. The number of ether oxygens (including phenoxy) is 3. The first-order valence-corrected chi connectivity index (χ1v) is 11.7. The number of hydrogen-bond acceptors (Lipinski definition) is 8. The van der Waals surface area contributed by atoms with Gasteiger partial charge in [0, 0.05) is 18.8 Å². The SMILES string of the molecule is C=C(C(=O)OC)N(Cc1ccccc1N)S(=O)(=O)c1ccc(OC)cc1.O=CN1CCOCC1. The molecule has 2 aromatic rings. The molecule has 1 amide bonds. The van der Waals surface area contributed by atoms with Crippen LogP contribution in [0.3, 0.4) is 0 Å². The van der Waals surface area contributed by atoms with E-state index in [4.69, 9.17) is 15.2 Å². The average Bonchev–Trinajstić information content (AvgIpc) is 2.88. The number of methoxy groups -OCH3 is 2. The van der Waals surface area contributed by atoms with Crippen molar-refractivity contribution in [3.63, 3.8) is 0 Å². The lowest BCUT2D eigenvalue weighted by atomic mass is 10.2. The Bertz CT molecular complexity index is 1080. The second kappa shape index (κ2) is 12.6. The third kappa shape index (κ3) is 6.96. The molecule has 34 heavy (non-hydrogen) atoms. The Kier molecular flexibility index (Phi) is 9.90. The fraction of sp³-hybridized carbons (Fsp3) is 0.304. The normalized spacial score (nSPS) is 13.2. The van der Waals surface area contributed by atoms with Crippen LogP contribution in [0.1, 0.15) is 5.56 Å². The Morgan fingerprint density at radius 3 is 2.26 bits per heavy atom. The van der Waals surface area contributed by atoms with Crippen LogP contribution < -0.4 is 10.5 Å². The van der Waals surface area contributed by atoms with Gasteiger partial charge in [-0.05, 0) is 35.9 Å². The average molecular weight is 492 g/mol. The first kappa shape index (κ1) is 26.7. The number of amides is 1. The molecular formula is C23H29N3O7S. The molecule has 0 bridgehead atoms. The Labute approximate surface area is 199 Å². The number of carbonyl (C=O) groups is 2. The van der Waals surface area contributed by atoms with Gasteiger partial charge in [0.1, 0.15) is 11.4 Å². The predicted molar refractivity (Wildman–Crippen MR) is 126 cm³/mol. The van der Waals surface area contributed by atoms with E-state index in [1.54, 1.807) is 29.2 Å². The van der Waals surface area contributed by atoms with E-state index in [2.05, 4.69) is 11.3 Å². The quantitative estimate of drug-likeness (QED) is 0.255. The zero-order chi connectivity index (χ0) is 25.1. The van der Waals surface area contributed by atoms with E-state index in [1.165, 1.54) is 31.4 Å². The van der Waals surface area contributed by atoms with Gasteiger partial charge in [-0.1, -0.05) is 24.8 Å². The standard InChI is InChI=1S/C18H20N2O5S.C5H9NO2/c1-13(18(21)25-3)20(12-14-6-4-5-7-17(14)19)26(22,23)16-10-8-15(24-2)9-11-16;7-5-6-1-3-8-4-2-6/h4-11H,1,12,19H2,2-3H3;5H,1-4H2. The molecule has 11 heteroatoms. The number of sulfonamides is 1. The smallest absolute Gasteiger partial charge is 0.354 e. The number of hydrogen-bond donors (Lipinski definition) is 1. The lowest BCUT2D eigenvalue weighted by molar-refractivity contribution is -0.137. The summed E-state index contributed by atoms with van der Waals surface area (Å²) in [5.41, 5.74) is 6.54. The van der Waals surface area contributed by atoms with Crippen LogP contribution in [0.5, 0.6) is 5.75 Å². The fourth-order valence-electron chi connectivity index (χ4n) is 2.94. The number of nitrogens with zero attached hydrogens (tertiary/aromatic N) is 2. The predicted octanol–water partition coefficient (Wildman–Crippen LogP) is 1.63. The van der Waals surface area contributed by atoms with Gasteiger partial charge in [0.2, 0.25) is 6.41 Å². The molecule has 3 rings (SSSR count). The first-order chi connectivity index (χ1) is 16.2. The summed E-state index contributed by atoms with van der Waals surface area (Å²) in [7, 11) is -1.44. The molecule has 1 aliphatic heterocycles. The van der Waals surface area contributed by atoms with Gasteiger partial charge in [-0.2, -0.15) is 0 Å². The van der Waals surface area contributed by atoms with Crippen LogP contribution in [0.4, 0.5) is 5.69 Å². The second-order valence-electron chi connectivity index (χ2n) is 7.08. The highest BCUT2D eigenvalue weighted by atomic mass is 32.2. The number of rotatable bonds is 8. The number of carbonyl (C=O) groups excluding carboxylic acids is 2. The molecule has 1 saturated heterocycles. The molecule has 1 fully saturated rings. The van der Waals surface area contributed by atoms with Gasteiger partial charge >= 0.3 is 5.97 Å². The molecule has 2 aromatic carbocycles. The Balaban J connectivity index is 0.000000430. The third-order valence-electron chi connectivity index (χ3n) is 4.93. The molecule has 0 radical (unpaired) electrons. The largest absolute Gasteiger partial charge is 0.497 e. The summed E-state index contributed by atoms with van der Waals surface area (Å²) in [6.07, 6.45) is 0.864. The summed E-state index contributed by atoms with van der Waals surface area (Å²) in [6, 6.07) is 12.6. The van der Waals surface area contributed by atoms with E-state index in [9.17, 15) is 18.0 Å². The van der Waals surface area contributed by atoms with Crippen LogP contribution in [0, 0.1) is 0 Å². The zero-order valence-corrected chi connectivity index (χ0v) is 20.0. The number of esters is 1. The molecule has 0 unspecified atom stereocenters. The van der Waals surface area contributed by atoms with E-state index >= 15 is 0 Å². The summed E-state index contributed by atoms with van der Waals surface area (Å²) in [6.45, 7) is 6.32. The van der Waals surface area contributed by atoms with Crippen molar-refractivity contribution in [1.29, 1.82) is 0 Å². The maximum absolute atomic E-state index is 13.1. The minimum Gasteiger partial charge on any atom is -0.497 e. The highest BCUT2D eigenvalue weighted by Crippen LogP contribution is 2.26. The van der Waals surface area contributed by atoms with E-state index in [-0.39, 0.29) is 17.1 Å². The van der Waals surface area contributed by atoms with Crippen LogP contribution in [0.2, 0.25) is 0 Å². The van der Waals surface area contributed by atoms with Crippen molar-refractivity contribution in [2.75, 3.05) is 46.3 Å². The minimum atomic E-state index is -4.07. The summed E-state index contributed by atoms with van der Waals surface area (Å²) < 4.78 is 41.7. The van der Waals surface area contributed by atoms with Crippen molar-refractivity contribution in [2.45, 2.75) is 11.4 Å². The maximum Gasteiger partial charge on any atom is 0.354 e. The molecule has 0 aromatic heterocycles. The molecule has 10 nitrogen and oxygen atoms in total. The molecule has 0 aliphatic carbocycles. The molecule has 2 N–H and O–H groups in total. The lowest BCUT2D eigenvalue weighted by Gasteiger charge is -2.25. The van der Waals surface area contributed by atoms with Gasteiger partial charge in [-0.3, -0.25) is 9.10 Å². The Morgan fingerprint density at radius 2 is 1.76 bits per heavy atom. The van der Waals surface area contributed by atoms with Crippen molar-refractivity contribution in [3.05, 3.63) is 66.4 Å². The van der Waals surface area contributed by atoms with Crippen molar-refractivity contribution in [1.82, 2.24) is 9.21 Å². The lowest BCUT2D eigenvalue weighted by Crippen LogP contribution is -2.34. The minimum absolute atomic E-state index is 0.0159. The van der Waals surface area contributed by atoms with Crippen LogP contribution in [0.15, 0.2) is 65.7 Å². The van der Waals surface area contributed by atoms with E-state index in [0.717, 1.165) is 30.9 Å². The summed E-state index contributed by atoms with van der Waals surface area (Å²) in [4.78, 5) is 23.7. The second-order valence-corrected chi connectivity index (χ2v) is 8.94. The van der Waals surface area contributed by atoms with E-state index in [0.29, 0.717) is 30.2 Å². The number of nitrogens with two attached hydrogens (primary N) is 1. The zero-order valence-electron chi connectivity index (χ0n) is 19.2. The van der Waals surface area contributed by atoms with Crippen LogP contribution in [-0.2, 0) is 35.6 Å². The molecule has 184 valence electrons. The summed E-state index contributed by atoms with van der Waals surface area (Å²) >= 11 is 0. The van der Waals surface area contributed by atoms with Crippen molar-refractivity contribution in [2.24, 2.45) is 0 Å². The number of benzene rings is 2. The highest BCUT2D eigenvalue weighted by Gasteiger charge is 2.30. The van der Waals surface area contributed by atoms with Crippen LogP contribution in [-0.4, -0.2) is 70.5 Å². The van der Waals surface area contributed by atoms with E-state index in [1.807, 2.05) is 0 Å². The number of para-hydroxylation sites is 1. The van der Waals surface area contributed by atoms with Crippen molar-refractivity contribution in [3.8, 4) is 5.75 Å². The first-order valence-electron chi connectivity index (χ1n) is 10.3. The van der Waals surface area contributed by atoms with Gasteiger partial charge in [-0.25, -0.2) is 13.2 Å². The maximum atomic E-state index is 13.1. The van der Waals surface area contributed by atoms with Crippen LogP contribution >= 0.6 is 0 Å². The Hall–Kier alpha value is -3.57. The topological polar surface area (TPSA) is 128 Å². The fourth-order valence-corrected chi connectivity index (χ4v) is 4.34. The molecule has 1 aliphatic rings. The van der Waals surface area contributed by atoms with Gasteiger partial charge in [0.25, 0.3) is 10.0 Å². The number of anilines is 1. The molecule has 0 spiro atoms. The van der Waals surface area contributed by atoms with Gasteiger partial charge in [0.05, 0.1) is 38.9 Å². The Morgan fingerprint density at radius 1 is 1.15 bits per heavy atom. The number of nitrogen functional groups attached to an aromatic ring is 1. The van der Waals surface area contributed by atoms with Crippen LogP contribution in [0.25, 0.3) is 0 Å². The summed E-state index contributed by atoms with van der Waals surface area (Å²) in [5.74, 6) is -0.341. The third-order valence-corrected chi connectivity index (χ3v) is 6.73. The molecule has 0 saturated carbocycles. The number of morpholine rings is 1. The van der Waals surface area contributed by atoms with Gasteiger partial charge in [0.15, 0.2) is 0 Å². The van der Waals surface area contributed by atoms with E-state index < -0.39 is 16.0 Å².